The third-order valence-corrected chi connectivity index (χ3v) is 2.31. The van der Waals surface area contributed by atoms with Crippen molar-refractivity contribution in [1.29, 1.82) is 5.26 Å². The highest BCUT2D eigenvalue weighted by Crippen LogP contribution is 2.20. The van der Waals surface area contributed by atoms with Gasteiger partial charge >= 0.3 is 0 Å². The van der Waals surface area contributed by atoms with Gasteiger partial charge in [0.1, 0.15) is 11.8 Å². The van der Waals surface area contributed by atoms with Crippen molar-refractivity contribution in [2.24, 2.45) is 0 Å². The standard InChI is InChI=1S/C9H4IN3O/c10-8-7(5-11)13-9(14-8)6-3-1-2-4-12-6/h1-4H. The van der Waals surface area contributed by atoms with E-state index in [1.165, 1.54) is 0 Å². The zero-order valence-electron chi connectivity index (χ0n) is 6.94. The molecule has 0 fully saturated rings. The average molecular weight is 297 g/mol. The Kier molecular flexibility index (Phi) is 2.45. The highest BCUT2D eigenvalue weighted by Gasteiger charge is 2.11. The van der Waals surface area contributed by atoms with Crippen molar-refractivity contribution in [2.45, 2.75) is 0 Å². The third-order valence-electron chi connectivity index (χ3n) is 1.58. The predicted molar refractivity (Wildman–Crippen MR) is 57.2 cm³/mol. The van der Waals surface area contributed by atoms with Gasteiger partial charge in [0, 0.05) is 28.8 Å². The molecule has 2 rings (SSSR count). The molecule has 0 spiro atoms. The molecule has 0 atom stereocenters. The quantitative estimate of drug-likeness (QED) is 0.757. The fourth-order valence-corrected chi connectivity index (χ4v) is 1.42. The van der Waals surface area contributed by atoms with Gasteiger partial charge in [-0.2, -0.15) is 10.2 Å². The Bertz CT molecular complexity index is 487. The van der Waals surface area contributed by atoms with Crippen LogP contribution in [-0.4, -0.2) is 9.97 Å². The van der Waals surface area contributed by atoms with Gasteiger partial charge in [0.2, 0.25) is 9.66 Å². The van der Waals surface area contributed by atoms with Crippen LogP contribution in [0.15, 0.2) is 28.8 Å². The number of aromatic nitrogens is 2. The lowest BCUT2D eigenvalue weighted by Gasteiger charge is -1.90. The molecule has 0 bridgehead atoms. The van der Waals surface area contributed by atoms with E-state index in [9.17, 15) is 0 Å². The molecule has 2 heterocycles. The van der Waals surface area contributed by atoms with E-state index in [0.29, 0.717) is 21.0 Å². The molecule has 4 nitrogen and oxygen atoms in total. The second-order valence-corrected chi connectivity index (χ2v) is 3.45. The summed E-state index contributed by atoms with van der Waals surface area (Å²) in [5, 5.41) is 8.68. The normalized spacial score (nSPS) is 9.71. The minimum absolute atomic E-state index is 0.297. The molecule has 0 saturated carbocycles. The molecule has 0 saturated heterocycles. The summed E-state index contributed by atoms with van der Waals surface area (Å²) in [4.78, 5) is 8.07. The number of hydrogen-bond acceptors (Lipinski definition) is 4. The summed E-state index contributed by atoms with van der Waals surface area (Å²) in [6.07, 6.45) is 1.65. The van der Waals surface area contributed by atoms with Crippen molar-refractivity contribution < 1.29 is 4.42 Å². The Morgan fingerprint density at radius 3 is 2.86 bits per heavy atom. The molecule has 68 valence electrons. The number of halogens is 1. The summed E-state index contributed by atoms with van der Waals surface area (Å²) >= 11 is 1.93. The lowest BCUT2D eigenvalue weighted by atomic mass is 10.3. The van der Waals surface area contributed by atoms with E-state index in [2.05, 4.69) is 9.97 Å². The molecule has 0 aromatic carbocycles. The molecule has 0 unspecified atom stereocenters. The summed E-state index contributed by atoms with van der Waals surface area (Å²) in [6.45, 7) is 0. The number of oxazole rings is 1. The van der Waals surface area contributed by atoms with Crippen molar-refractivity contribution in [1.82, 2.24) is 9.97 Å². The topological polar surface area (TPSA) is 62.7 Å². The maximum Gasteiger partial charge on any atom is 0.247 e. The van der Waals surface area contributed by atoms with Crippen LogP contribution in [0.1, 0.15) is 5.69 Å². The highest BCUT2D eigenvalue weighted by atomic mass is 127. The first-order valence-corrected chi connectivity index (χ1v) is 4.87. The second kappa shape index (κ2) is 3.75. The number of pyridine rings is 1. The van der Waals surface area contributed by atoms with Crippen molar-refractivity contribution in [3.8, 4) is 17.7 Å². The number of nitriles is 1. The molecular weight excluding hydrogens is 293 g/mol. The van der Waals surface area contributed by atoms with Crippen LogP contribution in [0.2, 0.25) is 0 Å². The van der Waals surface area contributed by atoms with E-state index >= 15 is 0 Å². The smallest absolute Gasteiger partial charge is 0.247 e. The van der Waals surface area contributed by atoms with E-state index in [-0.39, 0.29) is 0 Å². The SMILES string of the molecule is N#Cc1nc(-c2ccccn2)oc1I. The fraction of sp³-hybridized carbons (Fsp3) is 0. The van der Waals surface area contributed by atoms with Gasteiger partial charge in [-0.3, -0.25) is 4.98 Å². The maximum absolute atomic E-state index is 8.68. The van der Waals surface area contributed by atoms with Crippen LogP contribution in [0.4, 0.5) is 0 Å². The highest BCUT2D eigenvalue weighted by molar-refractivity contribution is 14.1. The van der Waals surface area contributed by atoms with Crippen LogP contribution in [0, 0.1) is 15.1 Å². The first kappa shape index (κ1) is 9.15. The Balaban J connectivity index is 2.50. The summed E-state index contributed by atoms with van der Waals surface area (Å²) in [7, 11) is 0. The van der Waals surface area contributed by atoms with Gasteiger partial charge in [0.25, 0.3) is 0 Å². The Morgan fingerprint density at radius 2 is 2.29 bits per heavy atom. The molecule has 5 heteroatoms. The average Bonchev–Trinajstić information content (AvgIpc) is 2.61. The van der Waals surface area contributed by atoms with Gasteiger partial charge in [0.05, 0.1) is 0 Å². The monoisotopic (exact) mass is 297 g/mol. The third kappa shape index (κ3) is 1.61. The van der Waals surface area contributed by atoms with Crippen LogP contribution >= 0.6 is 22.6 Å². The van der Waals surface area contributed by atoms with Gasteiger partial charge in [-0.15, -0.1) is 0 Å². The first-order chi connectivity index (χ1) is 6.81. The van der Waals surface area contributed by atoms with Gasteiger partial charge in [0.15, 0.2) is 5.69 Å². The number of rotatable bonds is 1. The van der Waals surface area contributed by atoms with Gasteiger partial charge < -0.3 is 4.42 Å². The van der Waals surface area contributed by atoms with Crippen molar-refractivity contribution in [3.63, 3.8) is 0 Å². The second-order valence-electron chi connectivity index (χ2n) is 2.47. The molecule has 14 heavy (non-hydrogen) atoms. The summed E-state index contributed by atoms with van der Waals surface area (Å²) in [5.41, 5.74) is 0.929. The van der Waals surface area contributed by atoms with Crippen LogP contribution in [0.5, 0.6) is 0 Å². The molecule has 0 N–H and O–H groups in total. The van der Waals surface area contributed by atoms with E-state index < -0.39 is 0 Å². The molecule has 0 radical (unpaired) electrons. The van der Waals surface area contributed by atoms with Crippen LogP contribution in [-0.2, 0) is 0 Å². The molecule has 0 amide bonds. The maximum atomic E-state index is 8.68. The Morgan fingerprint density at radius 1 is 1.43 bits per heavy atom. The van der Waals surface area contributed by atoms with Gasteiger partial charge in [-0.25, -0.2) is 0 Å². The number of hydrogen-bond donors (Lipinski definition) is 0. The minimum Gasteiger partial charge on any atom is -0.427 e. The zero-order chi connectivity index (χ0) is 9.97. The van der Waals surface area contributed by atoms with Crippen LogP contribution in [0.3, 0.4) is 0 Å². The molecule has 0 aliphatic rings. The molecule has 2 aromatic rings. The zero-order valence-corrected chi connectivity index (χ0v) is 9.09. The first-order valence-electron chi connectivity index (χ1n) is 3.79. The van der Waals surface area contributed by atoms with Crippen molar-refractivity contribution >= 4 is 22.6 Å². The molecule has 0 aliphatic heterocycles. The molecule has 0 aliphatic carbocycles. The summed E-state index contributed by atoms with van der Waals surface area (Å²) < 4.78 is 5.77. The van der Waals surface area contributed by atoms with E-state index in [4.69, 9.17) is 9.68 Å². The summed E-state index contributed by atoms with van der Waals surface area (Å²) in [5.74, 6) is 0.381. The predicted octanol–water partition coefficient (Wildman–Crippen LogP) is 2.21. The van der Waals surface area contributed by atoms with Crippen molar-refractivity contribution in [3.05, 3.63) is 33.9 Å². The lowest BCUT2D eigenvalue weighted by molar-refractivity contribution is 0.543. The van der Waals surface area contributed by atoms with Crippen LogP contribution in [0.25, 0.3) is 11.6 Å². The lowest BCUT2D eigenvalue weighted by Crippen LogP contribution is -1.81. The summed E-state index contributed by atoms with van der Waals surface area (Å²) in [6, 6.07) is 7.37. The number of nitrogens with zero attached hydrogens (tertiary/aromatic N) is 3. The molecular formula is C9H4IN3O. The van der Waals surface area contributed by atoms with Gasteiger partial charge in [-0.05, 0) is 12.1 Å². The van der Waals surface area contributed by atoms with Crippen LogP contribution < -0.4 is 0 Å². The Hall–Kier alpha value is -1.42. The van der Waals surface area contributed by atoms with E-state index in [1.54, 1.807) is 12.3 Å². The fourth-order valence-electron chi connectivity index (χ4n) is 0.969. The van der Waals surface area contributed by atoms with E-state index in [1.807, 2.05) is 40.8 Å². The molecule has 2 aromatic heterocycles. The van der Waals surface area contributed by atoms with E-state index in [0.717, 1.165) is 0 Å². The Labute approximate surface area is 93.7 Å². The van der Waals surface area contributed by atoms with Gasteiger partial charge in [-0.1, -0.05) is 6.07 Å². The minimum atomic E-state index is 0.297. The van der Waals surface area contributed by atoms with Crippen molar-refractivity contribution in [2.75, 3.05) is 0 Å². The largest absolute Gasteiger partial charge is 0.427 e.